The molecule has 0 spiro atoms. The monoisotopic (exact) mass is 385 g/mol. The predicted molar refractivity (Wildman–Crippen MR) is 102 cm³/mol. The number of carbonyl (C=O) groups excluding carboxylic acids is 1. The summed E-state index contributed by atoms with van der Waals surface area (Å²) >= 11 is 6.22. The lowest BCUT2D eigenvalue weighted by Gasteiger charge is -2.26. The smallest absolute Gasteiger partial charge is 0.249 e. The molecule has 3 fully saturated rings. The van der Waals surface area contributed by atoms with Gasteiger partial charge in [-0.2, -0.15) is 0 Å². The fourth-order valence-corrected chi connectivity index (χ4v) is 5.20. The molecule has 1 aromatic carbocycles. The molecule has 142 valence electrons. The number of fused-ring (bicyclic) bond motifs is 2. The quantitative estimate of drug-likeness (QED) is 0.722. The molecule has 2 aromatic rings. The van der Waals surface area contributed by atoms with Crippen LogP contribution >= 0.6 is 11.6 Å². The second-order valence-corrected chi connectivity index (χ2v) is 8.78. The Bertz CT molecular complexity index is 847. The predicted octanol–water partition coefficient (Wildman–Crippen LogP) is 4.71. The third kappa shape index (κ3) is 3.49. The van der Waals surface area contributed by atoms with Gasteiger partial charge in [0.2, 0.25) is 17.7 Å². The van der Waals surface area contributed by atoms with Crippen LogP contribution in [-0.2, 0) is 11.3 Å². The highest BCUT2D eigenvalue weighted by molar-refractivity contribution is 6.33. The molecule has 3 aliphatic rings. The average molecular weight is 386 g/mol. The number of amides is 1. The van der Waals surface area contributed by atoms with Crippen molar-refractivity contribution < 1.29 is 9.21 Å². The zero-order chi connectivity index (χ0) is 18.4. The van der Waals surface area contributed by atoms with Gasteiger partial charge in [-0.1, -0.05) is 30.2 Å². The van der Waals surface area contributed by atoms with Crippen molar-refractivity contribution in [1.29, 1.82) is 0 Å². The van der Waals surface area contributed by atoms with Gasteiger partial charge in [0.15, 0.2) is 0 Å². The van der Waals surface area contributed by atoms with Crippen molar-refractivity contribution in [1.82, 2.24) is 15.1 Å². The summed E-state index contributed by atoms with van der Waals surface area (Å²) in [6.07, 6.45) is 8.11. The normalized spacial score (nSPS) is 26.5. The van der Waals surface area contributed by atoms with Crippen LogP contribution in [0.1, 0.15) is 50.8 Å². The van der Waals surface area contributed by atoms with E-state index in [1.165, 1.54) is 25.7 Å². The number of hydrogen-bond donors (Lipinski definition) is 0. The summed E-state index contributed by atoms with van der Waals surface area (Å²) in [6.45, 7) is 0.405. The first kappa shape index (κ1) is 17.2. The van der Waals surface area contributed by atoms with Gasteiger partial charge in [-0.25, -0.2) is 0 Å². The molecule has 0 N–H and O–H groups in total. The van der Waals surface area contributed by atoms with Crippen LogP contribution in [0.4, 0.5) is 0 Å². The second kappa shape index (κ2) is 6.93. The van der Waals surface area contributed by atoms with Crippen LogP contribution in [0.3, 0.4) is 0 Å². The minimum atomic E-state index is 0.257. The van der Waals surface area contributed by atoms with Gasteiger partial charge in [0.25, 0.3) is 0 Å². The number of rotatable bonds is 6. The number of nitrogens with zero attached hydrogens (tertiary/aromatic N) is 3. The third-order valence-electron chi connectivity index (χ3n) is 6.51. The molecular formula is C21H24ClN3O2. The summed E-state index contributed by atoms with van der Waals surface area (Å²) in [7, 11) is 0. The van der Waals surface area contributed by atoms with Crippen LogP contribution in [0.25, 0.3) is 11.5 Å². The SMILES string of the molecule is O=C(C[C@H]1C[C@H]2CC[C@H]1C2)N(Cc1nnc(-c2ccccc2Cl)o1)C1CC1. The van der Waals surface area contributed by atoms with Crippen molar-refractivity contribution in [2.75, 3.05) is 0 Å². The fourth-order valence-electron chi connectivity index (χ4n) is 4.98. The maximum Gasteiger partial charge on any atom is 0.249 e. The van der Waals surface area contributed by atoms with Crippen LogP contribution in [0.5, 0.6) is 0 Å². The summed E-state index contributed by atoms with van der Waals surface area (Å²) in [5, 5.41) is 8.88. The van der Waals surface area contributed by atoms with Crippen molar-refractivity contribution in [2.45, 2.75) is 57.5 Å². The molecule has 27 heavy (non-hydrogen) atoms. The van der Waals surface area contributed by atoms with Crippen molar-refractivity contribution in [3.8, 4) is 11.5 Å². The van der Waals surface area contributed by atoms with Gasteiger partial charge >= 0.3 is 0 Å². The lowest BCUT2D eigenvalue weighted by molar-refractivity contribution is -0.134. The van der Waals surface area contributed by atoms with Crippen LogP contribution in [0, 0.1) is 17.8 Å². The Kier molecular flexibility index (Phi) is 4.43. The summed E-state index contributed by atoms with van der Waals surface area (Å²) in [5.41, 5.74) is 0.726. The van der Waals surface area contributed by atoms with E-state index in [0.29, 0.717) is 41.7 Å². The maximum absolute atomic E-state index is 13.0. The van der Waals surface area contributed by atoms with Crippen LogP contribution in [0.2, 0.25) is 5.02 Å². The van der Waals surface area contributed by atoms with Crippen LogP contribution in [-0.4, -0.2) is 27.0 Å². The summed E-state index contributed by atoms with van der Waals surface area (Å²) in [6, 6.07) is 7.76. The van der Waals surface area contributed by atoms with Gasteiger partial charge in [0, 0.05) is 12.5 Å². The lowest BCUT2D eigenvalue weighted by Crippen LogP contribution is -2.34. The van der Waals surface area contributed by atoms with E-state index >= 15 is 0 Å². The summed E-state index contributed by atoms with van der Waals surface area (Å²) in [5.74, 6) is 3.38. The third-order valence-corrected chi connectivity index (χ3v) is 6.84. The van der Waals surface area contributed by atoms with E-state index in [0.717, 1.165) is 30.2 Å². The molecular weight excluding hydrogens is 362 g/mol. The van der Waals surface area contributed by atoms with E-state index in [1.54, 1.807) is 6.07 Å². The molecule has 1 heterocycles. The highest BCUT2D eigenvalue weighted by atomic mass is 35.5. The van der Waals surface area contributed by atoms with E-state index in [2.05, 4.69) is 10.2 Å². The zero-order valence-electron chi connectivity index (χ0n) is 15.3. The number of hydrogen-bond acceptors (Lipinski definition) is 4. The first-order chi connectivity index (χ1) is 13.2. The Labute approximate surface area is 164 Å². The molecule has 0 unspecified atom stereocenters. The minimum absolute atomic E-state index is 0.257. The van der Waals surface area contributed by atoms with E-state index < -0.39 is 0 Å². The van der Waals surface area contributed by atoms with Gasteiger partial charge < -0.3 is 9.32 Å². The van der Waals surface area contributed by atoms with Crippen LogP contribution in [0.15, 0.2) is 28.7 Å². The summed E-state index contributed by atoms with van der Waals surface area (Å²) in [4.78, 5) is 15.0. The first-order valence-corrected chi connectivity index (χ1v) is 10.4. The van der Waals surface area contributed by atoms with Gasteiger partial charge in [-0.3, -0.25) is 4.79 Å². The number of aromatic nitrogens is 2. The van der Waals surface area contributed by atoms with Crippen molar-refractivity contribution in [3.05, 3.63) is 35.2 Å². The largest absolute Gasteiger partial charge is 0.419 e. The highest BCUT2D eigenvalue weighted by Crippen LogP contribution is 2.50. The second-order valence-electron chi connectivity index (χ2n) is 8.37. The molecule has 3 aliphatic carbocycles. The molecule has 0 saturated heterocycles. The Morgan fingerprint density at radius 3 is 2.70 bits per heavy atom. The number of carbonyl (C=O) groups is 1. The molecule has 6 heteroatoms. The molecule has 3 saturated carbocycles. The highest BCUT2D eigenvalue weighted by Gasteiger charge is 2.42. The Morgan fingerprint density at radius 2 is 2.00 bits per heavy atom. The Morgan fingerprint density at radius 1 is 1.15 bits per heavy atom. The summed E-state index contributed by atoms with van der Waals surface area (Å²) < 4.78 is 5.83. The maximum atomic E-state index is 13.0. The van der Waals surface area contributed by atoms with Crippen molar-refractivity contribution >= 4 is 17.5 Å². The van der Waals surface area contributed by atoms with E-state index in [9.17, 15) is 4.79 Å². The minimum Gasteiger partial charge on any atom is -0.419 e. The fraction of sp³-hybridized carbons (Fsp3) is 0.571. The van der Waals surface area contributed by atoms with Crippen molar-refractivity contribution in [3.63, 3.8) is 0 Å². The Balaban J connectivity index is 1.28. The standard InChI is InChI=1S/C21H24ClN3O2/c22-18-4-2-1-3-17(18)21-24-23-19(27-21)12-25(16-7-8-16)20(26)11-15-10-13-5-6-14(15)9-13/h1-4,13-16H,5-12H2/t13-,14-,15+/m0/s1. The molecule has 1 aromatic heterocycles. The van der Waals surface area contributed by atoms with Gasteiger partial charge in [0.05, 0.1) is 17.1 Å². The van der Waals surface area contributed by atoms with Gasteiger partial charge in [0.1, 0.15) is 0 Å². The number of benzene rings is 1. The van der Waals surface area contributed by atoms with E-state index in [-0.39, 0.29) is 5.91 Å². The van der Waals surface area contributed by atoms with Gasteiger partial charge in [-0.05, 0) is 62.0 Å². The van der Waals surface area contributed by atoms with Gasteiger partial charge in [-0.15, -0.1) is 10.2 Å². The lowest BCUT2D eigenvalue weighted by atomic mass is 9.86. The molecule has 3 atom stereocenters. The average Bonchev–Trinajstić information content (AvgIpc) is 3.06. The topological polar surface area (TPSA) is 59.2 Å². The van der Waals surface area contributed by atoms with E-state index in [1.807, 2.05) is 23.1 Å². The molecule has 5 rings (SSSR count). The molecule has 1 amide bonds. The van der Waals surface area contributed by atoms with E-state index in [4.69, 9.17) is 16.0 Å². The van der Waals surface area contributed by atoms with Crippen molar-refractivity contribution in [2.24, 2.45) is 17.8 Å². The molecule has 0 radical (unpaired) electrons. The number of halogens is 1. The van der Waals surface area contributed by atoms with Crippen LogP contribution < -0.4 is 0 Å². The molecule has 0 aliphatic heterocycles. The Hall–Kier alpha value is -1.88. The molecule has 2 bridgehead atoms. The first-order valence-electron chi connectivity index (χ1n) is 10.0. The zero-order valence-corrected chi connectivity index (χ0v) is 16.1. The molecule has 5 nitrogen and oxygen atoms in total.